The summed E-state index contributed by atoms with van der Waals surface area (Å²) in [6.45, 7) is 7.34. The number of aryl methyl sites for hydroxylation is 3. The fourth-order valence-corrected chi connectivity index (χ4v) is 3.03. The van der Waals surface area contributed by atoms with Crippen LogP contribution < -0.4 is 15.4 Å². The first-order valence-electron chi connectivity index (χ1n) is 10.4. The molecular formula is C22H34IN5O. The Bertz CT molecular complexity index is 785. The molecule has 2 aromatic rings. The van der Waals surface area contributed by atoms with Gasteiger partial charge < -0.3 is 15.4 Å². The van der Waals surface area contributed by atoms with Gasteiger partial charge in [0.2, 0.25) is 0 Å². The van der Waals surface area contributed by atoms with Crippen LogP contribution in [-0.2, 0) is 20.0 Å². The maximum atomic E-state index is 6.07. The normalized spacial score (nSPS) is 13.7. The maximum absolute atomic E-state index is 6.07. The molecule has 6 nitrogen and oxygen atoms in total. The Kier molecular flexibility index (Phi) is 9.76. The van der Waals surface area contributed by atoms with Crippen LogP contribution in [0.2, 0.25) is 0 Å². The van der Waals surface area contributed by atoms with Gasteiger partial charge in [-0.15, -0.1) is 24.0 Å². The number of guanidine groups is 1. The highest BCUT2D eigenvalue weighted by Gasteiger charge is 2.22. The van der Waals surface area contributed by atoms with Crippen LogP contribution in [0.4, 0.5) is 0 Å². The van der Waals surface area contributed by atoms with Crippen molar-refractivity contribution in [3.05, 3.63) is 47.3 Å². The van der Waals surface area contributed by atoms with Gasteiger partial charge in [0.1, 0.15) is 5.75 Å². The van der Waals surface area contributed by atoms with Gasteiger partial charge in [-0.25, -0.2) is 4.99 Å². The van der Waals surface area contributed by atoms with Gasteiger partial charge >= 0.3 is 0 Å². The number of benzene rings is 1. The highest BCUT2D eigenvalue weighted by Crippen LogP contribution is 2.30. The van der Waals surface area contributed by atoms with Crippen LogP contribution in [0.3, 0.4) is 0 Å². The van der Waals surface area contributed by atoms with Gasteiger partial charge in [-0.1, -0.05) is 12.1 Å². The average molecular weight is 511 g/mol. The summed E-state index contributed by atoms with van der Waals surface area (Å²) in [5, 5.41) is 11.0. The van der Waals surface area contributed by atoms with E-state index in [1.807, 2.05) is 17.9 Å². The van der Waals surface area contributed by atoms with E-state index in [0.29, 0.717) is 6.54 Å². The first-order valence-corrected chi connectivity index (χ1v) is 10.4. The number of aliphatic imine (C=N–C) groups is 1. The van der Waals surface area contributed by atoms with E-state index in [1.165, 1.54) is 24.0 Å². The van der Waals surface area contributed by atoms with Gasteiger partial charge in [0, 0.05) is 31.9 Å². The van der Waals surface area contributed by atoms with Crippen LogP contribution in [0, 0.1) is 12.8 Å². The highest BCUT2D eigenvalue weighted by atomic mass is 127. The van der Waals surface area contributed by atoms with Crippen molar-refractivity contribution in [3.8, 4) is 5.75 Å². The lowest BCUT2D eigenvalue weighted by Crippen LogP contribution is -2.37. The Balaban J connectivity index is 0.00000300. The second-order valence-electron chi connectivity index (χ2n) is 7.61. The zero-order chi connectivity index (χ0) is 19.8. The fourth-order valence-electron chi connectivity index (χ4n) is 3.03. The van der Waals surface area contributed by atoms with E-state index in [4.69, 9.17) is 9.73 Å². The maximum Gasteiger partial charge on any atom is 0.191 e. The second kappa shape index (κ2) is 12.0. The molecule has 1 aromatic heterocycles. The second-order valence-corrected chi connectivity index (χ2v) is 7.61. The number of nitrogens with zero attached hydrogens (tertiary/aromatic N) is 3. The molecule has 1 saturated carbocycles. The molecule has 1 heterocycles. The van der Waals surface area contributed by atoms with E-state index in [0.717, 1.165) is 55.7 Å². The smallest absolute Gasteiger partial charge is 0.191 e. The number of ether oxygens (including phenoxy) is 1. The molecule has 0 saturated heterocycles. The quantitative estimate of drug-likeness (QED) is 0.220. The molecule has 1 aliphatic rings. The summed E-state index contributed by atoms with van der Waals surface area (Å²) in [6, 6.07) is 6.39. The minimum atomic E-state index is 0. The zero-order valence-electron chi connectivity index (χ0n) is 17.8. The number of nitrogens with one attached hydrogen (secondary N) is 2. The van der Waals surface area contributed by atoms with E-state index in [-0.39, 0.29) is 24.0 Å². The summed E-state index contributed by atoms with van der Waals surface area (Å²) in [6.07, 6.45) is 8.65. The van der Waals surface area contributed by atoms with Gasteiger partial charge in [-0.2, -0.15) is 5.10 Å². The molecule has 0 atom stereocenters. The first kappa shape index (κ1) is 23.5. The number of hydrogen-bond acceptors (Lipinski definition) is 3. The molecule has 1 fully saturated rings. The zero-order valence-corrected chi connectivity index (χ0v) is 20.1. The molecule has 2 N–H and O–H groups in total. The third-order valence-corrected chi connectivity index (χ3v) is 4.84. The van der Waals surface area contributed by atoms with Crippen LogP contribution in [0.25, 0.3) is 0 Å². The van der Waals surface area contributed by atoms with Crippen molar-refractivity contribution >= 4 is 29.9 Å². The van der Waals surface area contributed by atoms with Gasteiger partial charge in [-0.3, -0.25) is 4.68 Å². The minimum absolute atomic E-state index is 0. The number of halogens is 1. The van der Waals surface area contributed by atoms with Gasteiger partial charge in [0.25, 0.3) is 0 Å². The van der Waals surface area contributed by atoms with Crippen molar-refractivity contribution < 1.29 is 4.74 Å². The third kappa shape index (κ3) is 8.24. The van der Waals surface area contributed by atoms with Crippen molar-refractivity contribution in [3.63, 3.8) is 0 Å². The summed E-state index contributed by atoms with van der Waals surface area (Å²) >= 11 is 0. The van der Waals surface area contributed by atoms with Crippen LogP contribution in [0.15, 0.2) is 35.6 Å². The largest absolute Gasteiger partial charge is 0.493 e. The van der Waals surface area contributed by atoms with Crippen molar-refractivity contribution in [2.75, 3.05) is 19.7 Å². The molecule has 29 heavy (non-hydrogen) atoms. The Hall–Kier alpha value is -1.77. The van der Waals surface area contributed by atoms with Crippen molar-refractivity contribution in [1.82, 2.24) is 20.4 Å². The summed E-state index contributed by atoms with van der Waals surface area (Å²) in [4.78, 5) is 4.76. The molecule has 1 aromatic carbocycles. The molecule has 1 aliphatic carbocycles. The Morgan fingerprint density at radius 1 is 1.31 bits per heavy atom. The molecule has 0 aliphatic heterocycles. The SMILES string of the molecule is CCNC(=NCc1ccc(C)cc1OCC1CC1)NCCCc1cnn(C)c1.I. The van der Waals surface area contributed by atoms with E-state index in [9.17, 15) is 0 Å². The van der Waals surface area contributed by atoms with E-state index in [1.54, 1.807) is 0 Å². The van der Waals surface area contributed by atoms with Crippen molar-refractivity contribution in [2.24, 2.45) is 18.0 Å². The molecule has 0 bridgehead atoms. The highest BCUT2D eigenvalue weighted by molar-refractivity contribution is 14.0. The molecule has 7 heteroatoms. The Morgan fingerprint density at radius 2 is 2.14 bits per heavy atom. The summed E-state index contributed by atoms with van der Waals surface area (Å²) in [5.74, 6) is 2.57. The molecule has 0 unspecified atom stereocenters. The third-order valence-electron chi connectivity index (χ3n) is 4.84. The van der Waals surface area contributed by atoms with Gasteiger partial charge in [-0.05, 0) is 62.6 Å². The lowest BCUT2D eigenvalue weighted by Gasteiger charge is -2.13. The monoisotopic (exact) mass is 511 g/mol. The predicted molar refractivity (Wildman–Crippen MR) is 129 cm³/mol. The van der Waals surface area contributed by atoms with Gasteiger partial charge in [0.05, 0.1) is 19.3 Å². The standard InChI is InChI=1S/C22H33N5O.HI/c1-4-23-22(24-11-5-6-19-13-26-27(3)15-19)25-14-20-10-7-17(2)12-21(20)28-16-18-8-9-18;/h7,10,12-13,15,18H,4-6,8-9,11,14,16H2,1-3H3,(H2,23,24,25);1H. The summed E-state index contributed by atoms with van der Waals surface area (Å²) in [5.41, 5.74) is 3.63. The number of rotatable bonds is 10. The molecule has 160 valence electrons. The lowest BCUT2D eigenvalue weighted by atomic mass is 10.1. The van der Waals surface area contributed by atoms with Crippen molar-refractivity contribution in [2.45, 2.75) is 46.1 Å². The predicted octanol–water partition coefficient (Wildman–Crippen LogP) is 3.82. The molecule has 0 amide bonds. The first-order chi connectivity index (χ1) is 13.6. The van der Waals surface area contributed by atoms with Gasteiger partial charge in [0.15, 0.2) is 5.96 Å². The Morgan fingerprint density at radius 3 is 2.83 bits per heavy atom. The van der Waals surface area contributed by atoms with Crippen LogP contribution >= 0.6 is 24.0 Å². The minimum Gasteiger partial charge on any atom is -0.493 e. The Labute approximate surface area is 191 Å². The summed E-state index contributed by atoms with van der Waals surface area (Å²) in [7, 11) is 1.95. The summed E-state index contributed by atoms with van der Waals surface area (Å²) < 4.78 is 7.91. The van der Waals surface area contributed by atoms with E-state index in [2.05, 4.69) is 54.0 Å². The van der Waals surface area contributed by atoms with Crippen LogP contribution in [-0.4, -0.2) is 35.4 Å². The molecule has 0 radical (unpaired) electrons. The van der Waals surface area contributed by atoms with E-state index >= 15 is 0 Å². The number of aromatic nitrogens is 2. The van der Waals surface area contributed by atoms with Crippen LogP contribution in [0.5, 0.6) is 5.75 Å². The van der Waals surface area contributed by atoms with E-state index < -0.39 is 0 Å². The average Bonchev–Trinajstić information content (AvgIpc) is 3.42. The molecular weight excluding hydrogens is 477 g/mol. The topological polar surface area (TPSA) is 63.5 Å². The molecule has 0 spiro atoms. The lowest BCUT2D eigenvalue weighted by molar-refractivity contribution is 0.296. The molecule has 3 rings (SSSR count). The number of hydrogen-bond donors (Lipinski definition) is 2. The van der Waals surface area contributed by atoms with Crippen molar-refractivity contribution in [1.29, 1.82) is 0 Å². The fraction of sp³-hybridized carbons (Fsp3) is 0.545. The van der Waals surface area contributed by atoms with Crippen LogP contribution in [0.1, 0.15) is 42.9 Å².